The third-order valence-electron chi connectivity index (χ3n) is 4.65. The summed E-state index contributed by atoms with van der Waals surface area (Å²) in [6.07, 6.45) is 10.7. The zero-order chi connectivity index (χ0) is 21.9. The van der Waals surface area contributed by atoms with E-state index in [1.54, 1.807) is 4.68 Å². The van der Waals surface area contributed by atoms with Crippen LogP contribution in [0.4, 0.5) is 0 Å². The smallest absolute Gasteiger partial charge is 0.331 e. The summed E-state index contributed by atoms with van der Waals surface area (Å²) in [6.45, 7) is 7.92. The molecule has 1 heterocycles. The summed E-state index contributed by atoms with van der Waals surface area (Å²) >= 11 is 0. The van der Waals surface area contributed by atoms with Crippen molar-refractivity contribution < 1.29 is 9.53 Å². The van der Waals surface area contributed by atoms with Crippen molar-refractivity contribution in [3.8, 4) is 11.8 Å². The molecule has 1 aliphatic carbocycles. The standard InChI is InChI=1S/C24H26N2O2.C2H6/c1-4-9-20-21(10-5-2)25-26(22(20)16-15-18-13-14-18)23(24(27)28-3)17-19-11-7-6-8-12-19;1-2/h4-12,18,23H,13-14,17H2,1-3H3;1-2H3/b9-4-,10-5-;. The summed E-state index contributed by atoms with van der Waals surface area (Å²) in [7, 11) is 1.42. The Balaban J connectivity index is 0.00000155. The molecular weight excluding hydrogens is 372 g/mol. The van der Waals surface area contributed by atoms with Crippen molar-refractivity contribution in [3.63, 3.8) is 0 Å². The van der Waals surface area contributed by atoms with E-state index in [9.17, 15) is 4.79 Å². The van der Waals surface area contributed by atoms with E-state index in [-0.39, 0.29) is 5.97 Å². The van der Waals surface area contributed by atoms with Gasteiger partial charge in [0.05, 0.1) is 12.8 Å². The number of rotatable bonds is 6. The second-order valence-electron chi connectivity index (χ2n) is 6.86. The van der Waals surface area contributed by atoms with Crippen molar-refractivity contribution >= 4 is 18.1 Å². The maximum absolute atomic E-state index is 12.7. The topological polar surface area (TPSA) is 44.1 Å². The van der Waals surface area contributed by atoms with E-state index in [1.165, 1.54) is 7.11 Å². The molecule has 30 heavy (non-hydrogen) atoms. The lowest BCUT2D eigenvalue weighted by molar-refractivity contribution is -0.144. The predicted molar refractivity (Wildman–Crippen MR) is 124 cm³/mol. The second-order valence-corrected chi connectivity index (χ2v) is 6.86. The first-order valence-electron chi connectivity index (χ1n) is 10.7. The number of hydrogen-bond donors (Lipinski definition) is 0. The molecule has 1 aliphatic rings. The van der Waals surface area contributed by atoms with Gasteiger partial charge in [0, 0.05) is 17.9 Å². The fourth-order valence-corrected chi connectivity index (χ4v) is 3.07. The van der Waals surface area contributed by atoms with Crippen molar-refractivity contribution in [2.24, 2.45) is 5.92 Å². The van der Waals surface area contributed by atoms with E-state index in [4.69, 9.17) is 9.84 Å². The van der Waals surface area contributed by atoms with Crippen LogP contribution in [-0.4, -0.2) is 22.9 Å². The lowest BCUT2D eigenvalue weighted by Gasteiger charge is -2.17. The maximum Gasteiger partial charge on any atom is 0.331 e. The summed E-state index contributed by atoms with van der Waals surface area (Å²) in [5.41, 5.74) is 3.57. The summed E-state index contributed by atoms with van der Waals surface area (Å²) in [6, 6.07) is 9.35. The van der Waals surface area contributed by atoms with E-state index in [1.807, 2.05) is 82.3 Å². The fourth-order valence-electron chi connectivity index (χ4n) is 3.07. The average Bonchev–Trinajstić information content (AvgIpc) is 3.56. The van der Waals surface area contributed by atoms with Crippen LogP contribution in [0.25, 0.3) is 12.2 Å². The third-order valence-corrected chi connectivity index (χ3v) is 4.65. The minimum atomic E-state index is -0.570. The van der Waals surface area contributed by atoms with E-state index in [0.29, 0.717) is 12.3 Å². The molecular formula is C26H32N2O2. The molecule has 4 heteroatoms. The summed E-state index contributed by atoms with van der Waals surface area (Å²) in [5.74, 6) is 6.77. The Morgan fingerprint density at radius 2 is 1.87 bits per heavy atom. The van der Waals surface area contributed by atoms with Crippen LogP contribution in [0.1, 0.15) is 69.1 Å². The van der Waals surface area contributed by atoms with Crippen molar-refractivity contribution in [3.05, 3.63) is 65.0 Å². The van der Waals surface area contributed by atoms with Gasteiger partial charge in [0.25, 0.3) is 0 Å². The van der Waals surface area contributed by atoms with Gasteiger partial charge in [0.1, 0.15) is 5.69 Å². The van der Waals surface area contributed by atoms with Gasteiger partial charge < -0.3 is 4.74 Å². The van der Waals surface area contributed by atoms with Gasteiger partial charge in [-0.05, 0) is 44.2 Å². The first-order valence-corrected chi connectivity index (χ1v) is 10.7. The quantitative estimate of drug-likeness (QED) is 0.459. The lowest BCUT2D eigenvalue weighted by atomic mass is 10.1. The molecule has 1 atom stereocenters. The van der Waals surface area contributed by atoms with E-state index >= 15 is 0 Å². The minimum Gasteiger partial charge on any atom is -0.467 e. The fraction of sp³-hybridized carbons (Fsp3) is 0.385. The highest BCUT2D eigenvalue weighted by molar-refractivity contribution is 5.76. The molecule has 0 N–H and O–H groups in total. The van der Waals surface area contributed by atoms with Crippen LogP contribution in [0.3, 0.4) is 0 Å². The molecule has 1 unspecified atom stereocenters. The van der Waals surface area contributed by atoms with Crippen LogP contribution in [0.15, 0.2) is 42.5 Å². The molecule has 1 saturated carbocycles. The van der Waals surface area contributed by atoms with Crippen molar-refractivity contribution in [1.82, 2.24) is 9.78 Å². The Bertz CT molecular complexity index is 939. The van der Waals surface area contributed by atoms with Gasteiger partial charge in [-0.2, -0.15) is 5.10 Å². The van der Waals surface area contributed by atoms with E-state index < -0.39 is 6.04 Å². The van der Waals surface area contributed by atoms with Gasteiger partial charge >= 0.3 is 5.97 Å². The van der Waals surface area contributed by atoms with Gasteiger partial charge in [-0.25, -0.2) is 9.48 Å². The van der Waals surface area contributed by atoms with Gasteiger partial charge in [0.15, 0.2) is 6.04 Å². The number of methoxy groups -OCH3 is 1. The number of esters is 1. The lowest BCUT2D eigenvalue weighted by Crippen LogP contribution is -2.25. The Hall–Kier alpha value is -3.06. The molecule has 0 spiro atoms. The first kappa shape index (κ1) is 23.2. The predicted octanol–water partition coefficient (Wildman–Crippen LogP) is 5.69. The molecule has 0 amide bonds. The van der Waals surface area contributed by atoms with E-state index in [0.717, 1.165) is 35.4 Å². The SMILES string of the molecule is C/C=C\c1nn(C(Cc2ccccc2)C(=O)OC)c(C#CC2CC2)c1/C=C\C.CC. The van der Waals surface area contributed by atoms with Crippen LogP contribution in [0.5, 0.6) is 0 Å². The van der Waals surface area contributed by atoms with Gasteiger partial charge in [-0.1, -0.05) is 68.3 Å². The number of allylic oxidation sites excluding steroid dienone is 2. The largest absolute Gasteiger partial charge is 0.467 e. The van der Waals surface area contributed by atoms with Crippen molar-refractivity contribution in [1.29, 1.82) is 0 Å². The number of ether oxygens (including phenoxy) is 1. The highest BCUT2D eigenvalue weighted by Crippen LogP contribution is 2.29. The number of benzene rings is 1. The van der Waals surface area contributed by atoms with E-state index in [2.05, 4.69) is 11.8 Å². The Labute approximate surface area is 180 Å². The maximum atomic E-state index is 12.7. The Kier molecular flexibility index (Phi) is 9.15. The van der Waals surface area contributed by atoms with Gasteiger partial charge in [-0.3, -0.25) is 0 Å². The molecule has 4 nitrogen and oxygen atoms in total. The molecule has 0 radical (unpaired) electrons. The Morgan fingerprint density at radius 3 is 2.43 bits per heavy atom. The van der Waals surface area contributed by atoms with Crippen LogP contribution in [-0.2, 0) is 16.0 Å². The molecule has 0 aliphatic heterocycles. The Morgan fingerprint density at radius 1 is 1.20 bits per heavy atom. The first-order chi connectivity index (χ1) is 14.7. The van der Waals surface area contributed by atoms with Crippen LogP contribution < -0.4 is 0 Å². The molecule has 2 aromatic rings. The van der Waals surface area contributed by atoms with Gasteiger partial charge in [0.2, 0.25) is 0 Å². The molecule has 0 saturated heterocycles. The van der Waals surface area contributed by atoms with Gasteiger partial charge in [-0.15, -0.1) is 0 Å². The molecule has 1 aromatic heterocycles. The number of carbonyl (C=O) groups is 1. The van der Waals surface area contributed by atoms with Crippen molar-refractivity contribution in [2.45, 2.75) is 53.0 Å². The summed E-state index contributed by atoms with van der Waals surface area (Å²) in [4.78, 5) is 12.7. The molecule has 0 bridgehead atoms. The number of nitrogens with zero attached hydrogens (tertiary/aromatic N) is 2. The second kappa shape index (κ2) is 11.8. The third kappa shape index (κ3) is 5.97. The normalized spacial score (nSPS) is 14.0. The zero-order valence-electron chi connectivity index (χ0n) is 18.7. The average molecular weight is 405 g/mol. The minimum absolute atomic E-state index is 0.320. The molecule has 158 valence electrons. The van der Waals surface area contributed by atoms with Crippen LogP contribution in [0.2, 0.25) is 0 Å². The zero-order valence-corrected chi connectivity index (χ0v) is 18.7. The number of hydrogen-bond acceptors (Lipinski definition) is 3. The molecule has 1 aromatic carbocycles. The molecule has 1 fully saturated rings. The summed E-state index contributed by atoms with van der Waals surface area (Å²) in [5, 5.41) is 4.76. The van der Waals surface area contributed by atoms with Crippen LogP contribution in [0, 0.1) is 17.8 Å². The monoisotopic (exact) mass is 404 g/mol. The molecule has 3 rings (SSSR count). The van der Waals surface area contributed by atoms with Crippen LogP contribution >= 0.6 is 0 Å². The van der Waals surface area contributed by atoms with Crippen molar-refractivity contribution in [2.75, 3.05) is 7.11 Å². The number of carbonyl (C=O) groups excluding carboxylic acids is 1. The summed E-state index contributed by atoms with van der Waals surface area (Å²) < 4.78 is 6.87. The highest BCUT2D eigenvalue weighted by Gasteiger charge is 2.28. The highest BCUT2D eigenvalue weighted by atomic mass is 16.5. The number of aromatic nitrogens is 2.